The van der Waals surface area contributed by atoms with Gasteiger partial charge in [-0.2, -0.15) is 15.8 Å². The van der Waals surface area contributed by atoms with Gasteiger partial charge in [0.15, 0.2) is 5.41 Å². The summed E-state index contributed by atoms with van der Waals surface area (Å²) in [6.07, 6.45) is 0.372. The van der Waals surface area contributed by atoms with Crippen molar-refractivity contribution in [2.24, 2.45) is 16.7 Å². The zero-order valence-corrected chi connectivity index (χ0v) is 16.9. The number of nitrogens with zero attached hydrogens (tertiary/aromatic N) is 3. The molecule has 0 spiro atoms. The van der Waals surface area contributed by atoms with E-state index >= 15 is 0 Å². The predicted molar refractivity (Wildman–Crippen MR) is 102 cm³/mol. The number of ether oxygens (including phenoxy) is 2. The van der Waals surface area contributed by atoms with Gasteiger partial charge in [0, 0.05) is 6.42 Å². The summed E-state index contributed by atoms with van der Waals surface area (Å²) in [7, 11) is 0. The lowest BCUT2D eigenvalue weighted by atomic mass is 9.52. The third-order valence-corrected chi connectivity index (χ3v) is 6.54. The first-order valence-corrected chi connectivity index (χ1v) is 9.72. The van der Waals surface area contributed by atoms with E-state index in [0.29, 0.717) is 29.8 Å². The molecule has 8 heteroatoms. The fourth-order valence-corrected chi connectivity index (χ4v) is 4.95. The van der Waals surface area contributed by atoms with E-state index in [9.17, 15) is 15.8 Å². The Morgan fingerprint density at radius 1 is 1.11 bits per heavy atom. The number of rotatable bonds is 4. The van der Waals surface area contributed by atoms with E-state index in [2.05, 4.69) is 6.07 Å². The third kappa shape index (κ3) is 2.31. The lowest BCUT2D eigenvalue weighted by Gasteiger charge is -2.49. The normalized spacial score (nSPS) is 32.7. The summed E-state index contributed by atoms with van der Waals surface area (Å²) in [5.74, 6) is -2.28. The van der Waals surface area contributed by atoms with Crippen molar-refractivity contribution in [2.45, 2.75) is 45.0 Å². The van der Waals surface area contributed by atoms with Gasteiger partial charge in [-0.3, -0.25) is 5.41 Å². The van der Waals surface area contributed by atoms with Crippen LogP contribution in [0.15, 0.2) is 18.2 Å². The standard InChI is InChI=1S/C20H18Cl2N4O2/c1-3-7-20-15(4-2)19(11-25,17(26)28-20)18(9-23,10-24)16(27-20)12-5-6-13(21)14(22)8-12/h5-6,8,15-16,26H,3-4,7H2,1-2H3. The molecule has 6 nitrogen and oxygen atoms in total. The first-order valence-electron chi connectivity index (χ1n) is 8.97. The molecule has 3 rings (SSSR count). The van der Waals surface area contributed by atoms with Crippen molar-refractivity contribution in [3.05, 3.63) is 33.8 Å². The van der Waals surface area contributed by atoms with Crippen molar-refractivity contribution in [1.29, 1.82) is 21.2 Å². The average molecular weight is 417 g/mol. The van der Waals surface area contributed by atoms with Gasteiger partial charge in [0.1, 0.15) is 6.10 Å². The fourth-order valence-electron chi connectivity index (χ4n) is 4.65. The molecule has 2 aliphatic rings. The molecule has 144 valence electrons. The molecule has 28 heavy (non-hydrogen) atoms. The van der Waals surface area contributed by atoms with Gasteiger partial charge in [-0.1, -0.05) is 43.1 Å². The highest BCUT2D eigenvalue weighted by Gasteiger charge is 2.79. The van der Waals surface area contributed by atoms with Crippen LogP contribution in [0.25, 0.3) is 0 Å². The maximum atomic E-state index is 10.2. The topological polar surface area (TPSA) is 114 Å². The molecule has 2 aliphatic heterocycles. The Labute approximate surface area is 173 Å². The molecule has 0 saturated carbocycles. The largest absolute Gasteiger partial charge is 0.447 e. The second-order valence-electron chi connectivity index (χ2n) is 7.08. The minimum Gasteiger partial charge on any atom is -0.447 e. The molecule has 4 atom stereocenters. The van der Waals surface area contributed by atoms with Gasteiger partial charge >= 0.3 is 0 Å². The summed E-state index contributed by atoms with van der Waals surface area (Å²) in [5, 5.41) is 39.5. The van der Waals surface area contributed by atoms with Crippen LogP contribution in [0.5, 0.6) is 0 Å². The van der Waals surface area contributed by atoms with Crippen molar-refractivity contribution < 1.29 is 9.47 Å². The Balaban J connectivity index is 2.35. The zero-order chi connectivity index (χ0) is 20.7. The quantitative estimate of drug-likeness (QED) is 0.729. The Kier molecular flexibility index (Phi) is 5.07. The summed E-state index contributed by atoms with van der Waals surface area (Å²) in [6.45, 7) is 3.78. The third-order valence-electron chi connectivity index (χ3n) is 5.80. The van der Waals surface area contributed by atoms with E-state index in [1.54, 1.807) is 12.1 Å². The summed E-state index contributed by atoms with van der Waals surface area (Å²) in [4.78, 5) is 0. The van der Waals surface area contributed by atoms with E-state index in [1.165, 1.54) is 6.07 Å². The second-order valence-corrected chi connectivity index (χ2v) is 7.89. The van der Waals surface area contributed by atoms with Gasteiger partial charge in [0.05, 0.1) is 34.2 Å². The van der Waals surface area contributed by atoms with Crippen LogP contribution < -0.4 is 0 Å². The molecule has 0 amide bonds. The number of hydrogen-bond donors (Lipinski definition) is 1. The lowest BCUT2D eigenvalue weighted by Crippen LogP contribution is -2.59. The fraction of sp³-hybridized carbons (Fsp3) is 0.500. The average Bonchev–Trinajstić information content (AvgIpc) is 2.87. The maximum absolute atomic E-state index is 10.2. The molecule has 2 fully saturated rings. The van der Waals surface area contributed by atoms with E-state index in [1.807, 2.05) is 26.0 Å². The van der Waals surface area contributed by atoms with Crippen LogP contribution in [-0.4, -0.2) is 11.7 Å². The first kappa shape index (κ1) is 20.4. The molecule has 1 N–H and O–H groups in total. The smallest absolute Gasteiger partial charge is 0.217 e. The predicted octanol–water partition coefficient (Wildman–Crippen LogP) is 5.14. The van der Waals surface area contributed by atoms with Gasteiger partial charge < -0.3 is 9.47 Å². The van der Waals surface area contributed by atoms with Crippen LogP contribution >= 0.6 is 23.2 Å². The van der Waals surface area contributed by atoms with E-state index in [0.717, 1.165) is 0 Å². The van der Waals surface area contributed by atoms with E-state index in [-0.39, 0.29) is 10.9 Å². The number of halogens is 2. The number of nitriles is 3. The van der Waals surface area contributed by atoms with Crippen LogP contribution in [-0.2, 0) is 9.47 Å². The highest BCUT2D eigenvalue weighted by molar-refractivity contribution is 6.42. The molecular formula is C20H18Cl2N4O2. The molecule has 1 aromatic carbocycles. The first-order chi connectivity index (χ1) is 13.3. The minimum atomic E-state index is -1.98. The highest BCUT2D eigenvalue weighted by Crippen LogP contribution is 2.68. The van der Waals surface area contributed by atoms with Crippen LogP contribution in [0.2, 0.25) is 10.0 Å². The molecular weight excluding hydrogens is 399 g/mol. The van der Waals surface area contributed by atoms with E-state index < -0.39 is 28.6 Å². The Bertz CT molecular complexity index is 946. The van der Waals surface area contributed by atoms with Crippen molar-refractivity contribution in [3.63, 3.8) is 0 Å². The van der Waals surface area contributed by atoms with Crippen molar-refractivity contribution in [2.75, 3.05) is 0 Å². The van der Waals surface area contributed by atoms with Gasteiger partial charge in [-0.05, 0) is 30.5 Å². The lowest BCUT2D eigenvalue weighted by molar-refractivity contribution is -0.286. The van der Waals surface area contributed by atoms with Crippen LogP contribution in [0, 0.1) is 56.2 Å². The van der Waals surface area contributed by atoms with E-state index in [4.69, 9.17) is 38.1 Å². The summed E-state index contributed by atoms with van der Waals surface area (Å²) in [5.41, 5.74) is -3.30. The molecule has 0 aromatic heterocycles. The SMILES string of the molecule is CCCC12OC(=N)C(C#N)(C1CC)C(C#N)(C#N)C(c1ccc(Cl)c(Cl)c1)O2. The van der Waals surface area contributed by atoms with Gasteiger partial charge in [0.25, 0.3) is 0 Å². The zero-order valence-electron chi connectivity index (χ0n) is 15.4. The maximum Gasteiger partial charge on any atom is 0.217 e. The number of hydrogen-bond acceptors (Lipinski definition) is 6. The molecule has 2 saturated heterocycles. The molecule has 0 aliphatic carbocycles. The molecule has 0 radical (unpaired) electrons. The van der Waals surface area contributed by atoms with Gasteiger partial charge in [-0.25, -0.2) is 0 Å². The van der Waals surface area contributed by atoms with Gasteiger partial charge in [0.2, 0.25) is 17.1 Å². The van der Waals surface area contributed by atoms with Crippen molar-refractivity contribution in [1.82, 2.24) is 0 Å². The molecule has 2 heterocycles. The number of nitrogens with one attached hydrogen (secondary N) is 1. The molecule has 2 bridgehead atoms. The summed E-state index contributed by atoms with van der Waals surface area (Å²) < 4.78 is 12.2. The number of benzene rings is 1. The van der Waals surface area contributed by atoms with Gasteiger partial charge in [-0.15, -0.1) is 0 Å². The monoisotopic (exact) mass is 416 g/mol. The van der Waals surface area contributed by atoms with Crippen molar-refractivity contribution in [3.8, 4) is 18.2 Å². The summed E-state index contributed by atoms with van der Waals surface area (Å²) in [6, 6.07) is 10.9. The number of fused-ring (bicyclic) bond motifs is 2. The second kappa shape index (κ2) is 6.94. The molecule has 4 unspecified atom stereocenters. The molecule has 1 aromatic rings. The van der Waals surface area contributed by atoms with Crippen LogP contribution in [0.3, 0.4) is 0 Å². The Hall–Kier alpha value is -2.30. The minimum absolute atomic E-state index is 0.240. The summed E-state index contributed by atoms with van der Waals surface area (Å²) >= 11 is 12.2. The Morgan fingerprint density at radius 3 is 2.29 bits per heavy atom. The van der Waals surface area contributed by atoms with Crippen LogP contribution in [0.4, 0.5) is 0 Å². The van der Waals surface area contributed by atoms with Crippen molar-refractivity contribution >= 4 is 29.1 Å². The Morgan fingerprint density at radius 2 is 1.79 bits per heavy atom. The highest BCUT2D eigenvalue weighted by atomic mass is 35.5. The van der Waals surface area contributed by atoms with Crippen LogP contribution in [0.1, 0.15) is 44.8 Å².